The molecule has 0 radical (unpaired) electrons. The van der Waals surface area contributed by atoms with Gasteiger partial charge in [-0.05, 0) is 31.1 Å². The van der Waals surface area contributed by atoms with Crippen LogP contribution >= 0.6 is 0 Å². The Morgan fingerprint density at radius 3 is 2.81 bits per heavy atom. The second-order valence-electron chi connectivity index (χ2n) is 6.37. The van der Waals surface area contributed by atoms with E-state index < -0.39 is 22.3 Å². The number of allylic oxidation sites excluding steroid dienone is 2. The molecule has 0 aromatic rings. The minimum Gasteiger partial charge on any atom is -0.465 e. The van der Waals surface area contributed by atoms with Gasteiger partial charge in [-0.25, -0.2) is 0 Å². The quantitative estimate of drug-likeness (QED) is 0.340. The molecule has 3 rings (SSSR count). The van der Waals surface area contributed by atoms with Crippen LogP contribution in [0.2, 0.25) is 0 Å². The molecule has 21 heavy (non-hydrogen) atoms. The standard InChI is InChI=1S/C15H19NO5/c1-3-21-14(18)15(8(2)16(19)20)7-11(17)12-9-4-5-10(6-9)13(12)15/h4-5,8-10,12-13H,3,6-7H2,1-2H3/t8?,9-,10+,12-,13-,15-/m0/s1. The van der Waals surface area contributed by atoms with Gasteiger partial charge >= 0.3 is 5.97 Å². The molecule has 0 amide bonds. The first-order chi connectivity index (χ1) is 9.93. The summed E-state index contributed by atoms with van der Waals surface area (Å²) < 4.78 is 5.14. The topological polar surface area (TPSA) is 86.5 Å². The molecular weight excluding hydrogens is 274 g/mol. The number of Topliss-reactive ketones (excluding diaryl/α,β-unsaturated/α-hetero) is 1. The summed E-state index contributed by atoms with van der Waals surface area (Å²) in [4.78, 5) is 35.9. The molecule has 0 spiro atoms. The molecule has 2 saturated carbocycles. The van der Waals surface area contributed by atoms with Crippen molar-refractivity contribution in [2.24, 2.45) is 29.1 Å². The largest absolute Gasteiger partial charge is 0.465 e. The highest BCUT2D eigenvalue weighted by Gasteiger charge is 2.71. The zero-order valence-corrected chi connectivity index (χ0v) is 12.2. The van der Waals surface area contributed by atoms with Crippen LogP contribution in [0.25, 0.3) is 0 Å². The van der Waals surface area contributed by atoms with Gasteiger partial charge in [0, 0.05) is 24.2 Å². The first-order valence-electron chi connectivity index (χ1n) is 7.45. The Balaban J connectivity index is 2.08. The molecule has 6 heteroatoms. The Morgan fingerprint density at radius 2 is 2.19 bits per heavy atom. The molecule has 0 heterocycles. The predicted octanol–water partition coefficient (Wildman–Crippen LogP) is 1.61. The number of carbonyl (C=O) groups is 2. The minimum atomic E-state index is -1.30. The van der Waals surface area contributed by atoms with Crippen LogP contribution in [0.5, 0.6) is 0 Å². The molecule has 1 unspecified atom stereocenters. The third-order valence-corrected chi connectivity index (χ3v) is 5.61. The smallest absolute Gasteiger partial charge is 0.319 e. The second-order valence-corrected chi connectivity index (χ2v) is 6.37. The lowest BCUT2D eigenvalue weighted by molar-refractivity contribution is -0.537. The van der Waals surface area contributed by atoms with Crippen molar-refractivity contribution in [1.82, 2.24) is 0 Å². The van der Waals surface area contributed by atoms with Crippen LogP contribution in [0.4, 0.5) is 0 Å². The number of rotatable bonds is 4. The van der Waals surface area contributed by atoms with E-state index in [1.54, 1.807) is 6.92 Å². The SMILES string of the molecule is CCOC(=O)[C@]1(C(C)[N+](=O)[O-])CC(=O)[C@H]2[C@@H]1[C@@H]1C=C[C@H]2C1. The Labute approximate surface area is 122 Å². The van der Waals surface area contributed by atoms with Gasteiger partial charge in [-0.2, -0.15) is 0 Å². The van der Waals surface area contributed by atoms with Gasteiger partial charge < -0.3 is 4.74 Å². The number of hydrogen-bond acceptors (Lipinski definition) is 5. The van der Waals surface area contributed by atoms with Gasteiger partial charge in [0.2, 0.25) is 6.04 Å². The monoisotopic (exact) mass is 293 g/mol. The summed E-state index contributed by atoms with van der Waals surface area (Å²) in [6, 6.07) is -1.11. The Morgan fingerprint density at radius 1 is 1.52 bits per heavy atom. The van der Waals surface area contributed by atoms with E-state index >= 15 is 0 Å². The maximum absolute atomic E-state index is 12.6. The molecule has 2 bridgehead atoms. The zero-order chi connectivity index (χ0) is 15.4. The summed E-state index contributed by atoms with van der Waals surface area (Å²) in [6.45, 7) is 3.28. The lowest BCUT2D eigenvalue weighted by atomic mass is 9.66. The number of ether oxygens (including phenoxy) is 1. The number of hydrogen-bond donors (Lipinski definition) is 0. The van der Waals surface area contributed by atoms with Crippen molar-refractivity contribution < 1.29 is 19.2 Å². The lowest BCUT2D eigenvalue weighted by Crippen LogP contribution is -2.50. The van der Waals surface area contributed by atoms with Gasteiger partial charge in [0.1, 0.15) is 11.2 Å². The van der Waals surface area contributed by atoms with Crippen LogP contribution in [0.3, 0.4) is 0 Å². The molecule has 114 valence electrons. The third kappa shape index (κ3) is 1.71. The van der Waals surface area contributed by atoms with Crippen molar-refractivity contribution >= 4 is 11.8 Å². The zero-order valence-electron chi connectivity index (χ0n) is 12.2. The fourth-order valence-corrected chi connectivity index (χ4v) is 4.75. The molecule has 6 atom stereocenters. The predicted molar refractivity (Wildman–Crippen MR) is 72.9 cm³/mol. The van der Waals surface area contributed by atoms with Gasteiger partial charge in [-0.15, -0.1) is 0 Å². The summed E-state index contributed by atoms with van der Waals surface area (Å²) in [5, 5.41) is 11.4. The number of esters is 1. The highest BCUT2D eigenvalue weighted by atomic mass is 16.6. The van der Waals surface area contributed by atoms with Crippen LogP contribution in [-0.2, 0) is 14.3 Å². The molecule has 6 nitrogen and oxygen atoms in total. The van der Waals surface area contributed by atoms with E-state index in [0.29, 0.717) is 0 Å². The Bertz CT molecular complexity index is 542. The molecule has 0 aromatic carbocycles. The van der Waals surface area contributed by atoms with E-state index in [1.807, 2.05) is 12.2 Å². The maximum atomic E-state index is 12.6. The fourth-order valence-electron chi connectivity index (χ4n) is 4.75. The molecule has 0 N–H and O–H groups in total. The van der Waals surface area contributed by atoms with Crippen molar-refractivity contribution in [2.75, 3.05) is 6.61 Å². The van der Waals surface area contributed by atoms with Gasteiger partial charge in [0.05, 0.1) is 6.61 Å². The number of fused-ring (bicyclic) bond motifs is 5. The molecule has 0 saturated heterocycles. The van der Waals surface area contributed by atoms with Gasteiger partial charge in [-0.1, -0.05) is 12.2 Å². The van der Waals surface area contributed by atoms with E-state index in [1.165, 1.54) is 6.92 Å². The van der Waals surface area contributed by atoms with Crippen LogP contribution in [0.15, 0.2) is 12.2 Å². The number of ketones is 1. The lowest BCUT2D eigenvalue weighted by Gasteiger charge is -2.35. The van der Waals surface area contributed by atoms with Crippen LogP contribution in [0, 0.1) is 39.2 Å². The molecule has 0 aliphatic heterocycles. The highest BCUT2D eigenvalue weighted by molar-refractivity contribution is 5.94. The molecule has 0 aromatic heterocycles. The first-order valence-corrected chi connectivity index (χ1v) is 7.45. The van der Waals surface area contributed by atoms with E-state index in [-0.39, 0.29) is 42.5 Å². The van der Waals surface area contributed by atoms with Crippen LogP contribution in [0.1, 0.15) is 26.7 Å². The van der Waals surface area contributed by atoms with Gasteiger partial charge in [0.25, 0.3) is 0 Å². The normalized spacial score (nSPS) is 41.1. The van der Waals surface area contributed by atoms with Crippen molar-refractivity contribution in [3.05, 3.63) is 22.3 Å². The summed E-state index contributed by atoms with van der Waals surface area (Å²) in [5.41, 5.74) is -1.30. The third-order valence-electron chi connectivity index (χ3n) is 5.61. The Kier molecular flexibility index (Phi) is 3.15. The highest BCUT2D eigenvalue weighted by Crippen LogP contribution is 2.63. The van der Waals surface area contributed by atoms with Crippen molar-refractivity contribution in [3.63, 3.8) is 0 Å². The van der Waals surface area contributed by atoms with E-state index in [4.69, 9.17) is 4.74 Å². The number of nitro groups is 1. The molecule has 3 aliphatic rings. The summed E-state index contributed by atoms with van der Waals surface area (Å²) in [7, 11) is 0. The fraction of sp³-hybridized carbons (Fsp3) is 0.733. The van der Waals surface area contributed by atoms with Crippen molar-refractivity contribution in [1.29, 1.82) is 0 Å². The first kappa shape index (κ1) is 14.2. The number of carbonyl (C=O) groups excluding carboxylic acids is 2. The van der Waals surface area contributed by atoms with Crippen LogP contribution < -0.4 is 0 Å². The van der Waals surface area contributed by atoms with Gasteiger partial charge in [-0.3, -0.25) is 19.7 Å². The van der Waals surface area contributed by atoms with Gasteiger partial charge in [0.15, 0.2) is 0 Å². The maximum Gasteiger partial charge on any atom is 0.319 e. The number of nitrogens with zero attached hydrogens (tertiary/aromatic N) is 1. The average molecular weight is 293 g/mol. The summed E-state index contributed by atoms with van der Waals surface area (Å²) in [5.74, 6) is -0.887. The molecule has 3 aliphatic carbocycles. The summed E-state index contributed by atoms with van der Waals surface area (Å²) >= 11 is 0. The van der Waals surface area contributed by atoms with Crippen LogP contribution in [-0.4, -0.2) is 29.3 Å². The minimum absolute atomic E-state index is 0.0152. The Hall–Kier alpha value is -1.72. The van der Waals surface area contributed by atoms with Crippen molar-refractivity contribution in [3.8, 4) is 0 Å². The van der Waals surface area contributed by atoms with E-state index in [9.17, 15) is 19.7 Å². The average Bonchev–Trinajstić information content (AvgIpc) is 3.10. The molecule has 2 fully saturated rings. The second kappa shape index (κ2) is 4.64. The molecular formula is C15H19NO5. The van der Waals surface area contributed by atoms with Crippen molar-refractivity contribution in [2.45, 2.75) is 32.7 Å². The summed E-state index contributed by atoms with van der Waals surface area (Å²) in [6.07, 6.45) is 4.82. The van der Waals surface area contributed by atoms with E-state index in [0.717, 1.165) is 6.42 Å². The van der Waals surface area contributed by atoms with E-state index in [2.05, 4.69) is 0 Å².